The lowest BCUT2D eigenvalue weighted by atomic mass is 9.97. The minimum atomic E-state index is -0.370. The summed E-state index contributed by atoms with van der Waals surface area (Å²) >= 11 is 0. The predicted molar refractivity (Wildman–Crippen MR) is 119 cm³/mol. The molecule has 162 valence electrons. The van der Waals surface area contributed by atoms with E-state index in [0.717, 1.165) is 17.5 Å². The highest BCUT2D eigenvalue weighted by Crippen LogP contribution is 2.19. The molecule has 0 radical (unpaired) electrons. The normalized spacial score (nSPS) is 14.4. The molecule has 1 fully saturated rings. The molecule has 3 rings (SSSR count). The molecule has 0 bridgehead atoms. The lowest BCUT2D eigenvalue weighted by Crippen LogP contribution is -2.40. The van der Waals surface area contributed by atoms with Crippen molar-refractivity contribution in [2.75, 3.05) is 26.2 Å². The van der Waals surface area contributed by atoms with Gasteiger partial charge in [0, 0.05) is 25.7 Å². The fraction of sp³-hybridized carbons (Fsp3) is 0.320. The third-order valence-corrected chi connectivity index (χ3v) is 5.28. The van der Waals surface area contributed by atoms with E-state index in [9.17, 15) is 14.4 Å². The zero-order valence-corrected chi connectivity index (χ0v) is 17.5. The molecular formula is C25H28N2O4. The Morgan fingerprint density at radius 2 is 1.61 bits per heavy atom. The molecule has 1 N–H and O–H groups in total. The Balaban J connectivity index is 1.32. The SMILES string of the molecule is O=C(COC(=O)C1CCN(C(=O)/C=C/c2ccccc2)CC1)NCCc1ccccc1. The maximum atomic E-state index is 12.3. The molecule has 0 spiro atoms. The summed E-state index contributed by atoms with van der Waals surface area (Å²) < 4.78 is 5.18. The summed E-state index contributed by atoms with van der Waals surface area (Å²) in [6.45, 7) is 1.23. The molecule has 6 heteroatoms. The lowest BCUT2D eigenvalue weighted by molar-refractivity contribution is -0.154. The van der Waals surface area contributed by atoms with Gasteiger partial charge in [0.2, 0.25) is 5.91 Å². The van der Waals surface area contributed by atoms with E-state index in [1.165, 1.54) is 0 Å². The molecular weight excluding hydrogens is 392 g/mol. The second-order valence-electron chi connectivity index (χ2n) is 7.54. The van der Waals surface area contributed by atoms with Crippen LogP contribution in [0.1, 0.15) is 24.0 Å². The monoisotopic (exact) mass is 420 g/mol. The number of hydrogen-bond donors (Lipinski definition) is 1. The van der Waals surface area contributed by atoms with Crippen molar-refractivity contribution in [1.82, 2.24) is 10.2 Å². The lowest BCUT2D eigenvalue weighted by Gasteiger charge is -2.30. The van der Waals surface area contributed by atoms with E-state index >= 15 is 0 Å². The fourth-order valence-corrected chi connectivity index (χ4v) is 3.47. The molecule has 0 atom stereocenters. The molecule has 0 aliphatic carbocycles. The average molecular weight is 421 g/mol. The summed E-state index contributed by atoms with van der Waals surface area (Å²) in [6.07, 6.45) is 5.16. The fourth-order valence-electron chi connectivity index (χ4n) is 3.47. The van der Waals surface area contributed by atoms with E-state index < -0.39 is 0 Å². The van der Waals surface area contributed by atoms with E-state index in [1.807, 2.05) is 60.7 Å². The summed E-state index contributed by atoms with van der Waals surface area (Å²) in [4.78, 5) is 38.2. The quantitative estimate of drug-likeness (QED) is 0.526. The molecule has 1 heterocycles. The first-order valence-electron chi connectivity index (χ1n) is 10.6. The molecule has 0 unspecified atom stereocenters. The molecule has 2 aromatic rings. The molecule has 1 aliphatic rings. The standard InChI is InChI=1S/C25H28N2O4/c28-23(26-16-13-21-9-5-2-6-10-21)19-31-25(30)22-14-17-27(18-15-22)24(29)12-11-20-7-3-1-4-8-20/h1-12,22H,13-19H2,(H,26,28)/b12-11+. The van der Waals surface area contributed by atoms with Crippen LogP contribution in [0.5, 0.6) is 0 Å². The van der Waals surface area contributed by atoms with Gasteiger partial charge in [0.1, 0.15) is 0 Å². The third-order valence-electron chi connectivity index (χ3n) is 5.28. The molecule has 2 aromatic carbocycles. The number of rotatable bonds is 8. The number of nitrogens with one attached hydrogen (secondary N) is 1. The number of ether oxygens (including phenoxy) is 1. The number of likely N-dealkylation sites (tertiary alicyclic amines) is 1. The largest absolute Gasteiger partial charge is 0.455 e. The summed E-state index contributed by atoms with van der Waals surface area (Å²) in [5, 5.41) is 2.76. The third kappa shape index (κ3) is 7.41. The van der Waals surface area contributed by atoms with Crippen molar-refractivity contribution in [3.05, 3.63) is 77.9 Å². The second kappa shape index (κ2) is 11.7. The van der Waals surface area contributed by atoms with Crippen molar-refractivity contribution < 1.29 is 19.1 Å². The molecule has 1 aliphatic heterocycles. The highest BCUT2D eigenvalue weighted by molar-refractivity contribution is 5.92. The predicted octanol–water partition coefficient (Wildman–Crippen LogP) is 2.84. The average Bonchev–Trinajstić information content (AvgIpc) is 2.82. The van der Waals surface area contributed by atoms with Gasteiger partial charge in [0.15, 0.2) is 6.61 Å². The van der Waals surface area contributed by atoms with Gasteiger partial charge < -0.3 is 15.0 Å². The number of nitrogens with zero attached hydrogens (tertiary/aromatic N) is 1. The van der Waals surface area contributed by atoms with Gasteiger partial charge in [-0.15, -0.1) is 0 Å². The number of carbonyl (C=O) groups is 3. The first kappa shape index (κ1) is 22.3. The van der Waals surface area contributed by atoms with Gasteiger partial charge in [-0.1, -0.05) is 60.7 Å². The smallest absolute Gasteiger partial charge is 0.309 e. The summed E-state index contributed by atoms with van der Waals surface area (Å²) in [5.74, 6) is -1.01. The van der Waals surface area contributed by atoms with Gasteiger partial charge in [0.05, 0.1) is 5.92 Å². The molecule has 2 amide bonds. The maximum Gasteiger partial charge on any atom is 0.309 e. The molecule has 6 nitrogen and oxygen atoms in total. The molecule has 0 aromatic heterocycles. The molecule has 0 saturated carbocycles. The van der Waals surface area contributed by atoms with Crippen molar-refractivity contribution in [3.63, 3.8) is 0 Å². The van der Waals surface area contributed by atoms with Crippen LogP contribution in [-0.2, 0) is 25.5 Å². The van der Waals surface area contributed by atoms with Crippen molar-refractivity contribution in [3.8, 4) is 0 Å². The Hall–Kier alpha value is -3.41. The Bertz CT molecular complexity index is 888. The Morgan fingerprint density at radius 1 is 0.968 bits per heavy atom. The number of esters is 1. The Morgan fingerprint density at radius 3 is 2.29 bits per heavy atom. The molecule has 31 heavy (non-hydrogen) atoms. The van der Waals surface area contributed by atoms with Gasteiger partial charge in [-0.2, -0.15) is 0 Å². The van der Waals surface area contributed by atoms with E-state index in [2.05, 4.69) is 5.32 Å². The zero-order chi connectivity index (χ0) is 21.9. The van der Waals surface area contributed by atoms with Gasteiger partial charge in [-0.25, -0.2) is 0 Å². The van der Waals surface area contributed by atoms with Gasteiger partial charge in [-0.05, 0) is 36.5 Å². The summed E-state index contributed by atoms with van der Waals surface area (Å²) in [6, 6.07) is 19.5. The van der Waals surface area contributed by atoms with Crippen LogP contribution in [0.4, 0.5) is 0 Å². The summed E-state index contributed by atoms with van der Waals surface area (Å²) in [7, 11) is 0. The number of carbonyl (C=O) groups excluding carboxylic acids is 3. The van der Waals surface area contributed by atoms with Crippen LogP contribution in [-0.4, -0.2) is 48.9 Å². The van der Waals surface area contributed by atoms with Crippen molar-refractivity contribution >= 4 is 23.9 Å². The zero-order valence-electron chi connectivity index (χ0n) is 17.5. The van der Waals surface area contributed by atoms with Crippen molar-refractivity contribution in [1.29, 1.82) is 0 Å². The topological polar surface area (TPSA) is 75.7 Å². The van der Waals surface area contributed by atoms with E-state index in [4.69, 9.17) is 4.74 Å². The van der Waals surface area contributed by atoms with Crippen molar-refractivity contribution in [2.24, 2.45) is 5.92 Å². The van der Waals surface area contributed by atoms with Crippen LogP contribution < -0.4 is 5.32 Å². The Labute approximate surface area is 182 Å². The minimum Gasteiger partial charge on any atom is -0.455 e. The van der Waals surface area contributed by atoms with Crippen LogP contribution in [0.15, 0.2) is 66.7 Å². The maximum absolute atomic E-state index is 12.3. The summed E-state index contributed by atoms with van der Waals surface area (Å²) in [5.41, 5.74) is 2.11. The van der Waals surface area contributed by atoms with Gasteiger partial charge >= 0.3 is 5.97 Å². The van der Waals surface area contributed by atoms with Crippen LogP contribution in [0, 0.1) is 5.92 Å². The van der Waals surface area contributed by atoms with E-state index in [1.54, 1.807) is 17.1 Å². The first-order chi connectivity index (χ1) is 15.1. The van der Waals surface area contributed by atoms with E-state index in [-0.39, 0.29) is 30.3 Å². The minimum absolute atomic E-state index is 0.0616. The number of benzene rings is 2. The number of piperidine rings is 1. The van der Waals surface area contributed by atoms with E-state index in [0.29, 0.717) is 32.5 Å². The molecule has 1 saturated heterocycles. The first-order valence-corrected chi connectivity index (χ1v) is 10.6. The second-order valence-corrected chi connectivity index (χ2v) is 7.54. The Kier molecular flexibility index (Phi) is 8.40. The van der Waals surface area contributed by atoms with Gasteiger partial charge in [0.25, 0.3) is 5.91 Å². The van der Waals surface area contributed by atoms with Crippen LogP contribution in [0.2, 0.25) is 0 Å². The van der Waals surface area contributed by atoms with Gasteiger partial charge in [-0.3, -0.25) is 14.4 Å². The highest BCUT2D eigenvalue weighted by atomic mass is 16.5. The van der Waals surface area contributed by atoms with Crippen LogP contribution in [0.25, 0.3) is 6.08 Å². The van der Waals surface area contributed by atoms with Crippen LogP contribution in [0.3, 0.4) is 0 Å². The van der Waals surface area contributed by atoms with Crippen LogP contribution >= 0.6 is 0 Å². The number of hydrogen-bond acceptors (Lipinski definition) is 4. The van der Waals surface area contributed by atoms with Crippen molar-refractivity contribution in [2.45, 2.75) is 19.3 Å². The number of amides is 2. The highest BCUT2D eigenvalue weighted by Gasteiger charge is 2.28.